The lowest BCUT2D eigenvalue weighted by Crippen LogP contribution is -2.33. The van der Waals surface area contributed by atoms with Gasteiger partial charge in [-0.25, -0.2) is 0 Å². The summed E-state index contributed by atoms with van der Waals surface area (Å²) < 4.78 is 0. The molecule has 0 heterocycles. The Morgan fingerprint density at radius 1 is 1.26 bits per heavy atom. The summed E-state index contributed by atoms with van der Waals surface area (Å²) in [5.41, 5.74) is 2.20. The molecule has 0 aromatic heterocycles. The van der Waals surface area contributed by atoms with Gasteiger partial charge in [0.2, 0.25) is 0 Å². The maximum absolute atomic E-state index is 12.2. The van der Waals surface area contributed by atoms with Crippen molar-refractivity contribution in [1.82, 2.24) is 5.32 Å². The smallest absolute Gasteiger partial charge is 0.262 e. The molecule has 4 nitrogen and oxygen atoms in total. The summed E-state index contributed by atoms with van der Waals surface area (Å²) in [6.07, 6.45) is 6.01. The number of hydrogen-bond acceptors (Lipinski definition) is 3. The molecule has 2 rings (SSSR count). The van der Waals surface area contributed by atoms with Crippen LogP contribution in [-0.4, -0.2) is 25.0 Å². The van der Waals surface area contributed by atoms with Gasteiger partial charge in [-0.05, 0) is 50.5 Å². The molecule has 122 valence electrons. The van der Waals surface area contributed by atoms with E-state index in [1.165, 1.54) is 0 Å². The second kappa shape index (κ2) is 8.38. The lowest BCUT2D eigenvalue weighted by molar-refractivity contribution is -0.117. The van der Waals surface area contributed by atoms with Crippen LogP contribution >= 0.6 is 0 Å². The number of anilines is 1. The van der Waals surface area contributed by atoms with Gasteiger partial charge < -0.3 is 10.2 Å². The van der Waals surface area contributed by atoms with E-state index in [9.17, 15) is 10.1 Å². The highest BCUT2D eigenvalue weighted by Gasteiger charge is 2.19. The van der Waals surface area contributed by atoms with Crippen molar-refractivity contribution in [2.24, 2.45) is 0 Å². The van der Waals surface area contributed by atoms with Crippen LogP contribution in [0.25, 0.3) is 6.08 Å². The summed E-state index contributed by atoms with van der Waals surface area (Å²) >= 11 is 0. The third-order valence-electron chi connectivity index (χ3n) is 4.39. The van der Waals surface area contributed by atoms with Gasteiger partial charge in [0.1, 0.15) is 11.6 Å². The molecule has 0 saturated heterocycles. The molecule has 23 heavy (non-hydrogen) atoms. The van der Waals surface area contributed by atoms with Gasteiger partial charge in [0.25, 0.3) is 5.91 Å². The van der Waals surface area contributed by atoms with Gasteiger partial charge in [-0.15, -0.1) is 0 Å². The third kappa shape index (κ3) is 4.59. The number of nitriles is 1. The Labute approximate surface area is 138 Å². The van der Waals surface area contributed by atoms with Gasteiger partial charge in [-0.3, -0.25) is 4.79 Å². The molecule has 1 amide bonds. The molecule has 1 N–H and O–H groups in total. The topological polar surface area (TPSA) is 56.1 Å². The Kier molecular flexibility index (Phi) is 6.22. The van der Waals surface area contributed by atoms with Crippen molar-refractivity contribution in [3.63, 3.8) is 0 Å². The highest BCUT2D eigenvalue weighted by atomic mass is 16.1. The number of carbonyl (C=O) groups excluding carboxylic acids is 1. The van der Waals surface area contributed by atoms with Gasteiger partial charge in [-0.2, -0.15) is 5.26 Å². The quantitative estimate of drug-likeness (QED) is 0.646. The first-order valence-corrected chi connectivity index (χ1v) is 8.45. The predicted octanol–water partition coefficient (Wildman–Crippen LogP) is 3.50. The summed E-state index contributed by atoms with van der Waals surface area (Å²) in [6.45, 7) is 6.16. The average Bonchev–Trinajstić information content (AvgIpc) is 3.08. The highest BCUT2D eigenvalue weighted by Crippen LogP contribution is 2.19. The van der Waals surface area contributed by atoms with E-state index in [0.29, 0.717) is 0 Å². The minimum atomic E-state index is -0.257. The number of nitrogens with zero attached hydrogens (tertiary/aromatic N) is 2. The number of carbonyl (C=O) groups is 1. The van der Waals surface area contributed by atoms with Crippen LogP contribution in [0.3, 0.4) is 0 Å². The van der Waals surface area contributed by atoms with Crippen LogP contribution in [0, 0.1) is 11.3 Å². The summed E-state index contributed by atoms with van der Waals surface area (Å²) in [5.74, 6) is -0.257. The van der Waals surface area contributed by atoms with Crippen LogP contribution in [-0.2, 0) is 4.79 Å². The van der Waals surface area contributed by atoms with Crippen molar-refractivity contribution >= 4 is 17.7 Å². The summed E-state index contributed by atoms with van der Waals surface area (Å²) in [5, 5.41) is 12.2. The lowest BCUT2D eigenvalue weighted by Gasteiger charge is -2.20. The lowest BCUT2D eigenvalue weighted by atomic mass is 10.1. The van der Waals surface area contributed by atoms with Crippen molar-refractivity contribution in [1.29, 1.82) is 5.26 Å². The Balaban J connectivity index is 2.08. The van der Waals surface area contributed by atoms with Gasteiger partial charge in [-0.1, -0.05) is 25.0 Å². The molecular formula is C19H25N3O. The molecule has 1 saturated carbocycles. The van der Waals surface area contributed by atoms with E-state index in [1.807, 2.05) is 30.3 Å². The van der Waals surface area contributed by atoms with Crippen molar-refractivity contribution in [2.75, 3.05) is 18.0 Å². The molecule has 1 aliphatic rings. The van der Waals surface area contributed by atoms with Gasteiger partial charge in [0.05, 0.1) is 0 Å². The number of benzene rings is 1. The zero-order valence-corrected chi connectivity index (χ0v) is 14.0. The zero-order valence-electron chi connectivity index (χ0n) is 14.0. The summed E-state index contributed by atoms with van der Waals surface area (Å²) in [4.78, 5) is 14.4. The van der Waals surface area contributed by atoms with E-state index < -0.39 is 0 Å². The third-order valence-corrected chi connectivity index (χ3v) is 4.39. The van der Waals surface area contributed by atoms with E-state index in [1.54, 1.807) is 6.08 Å². The van der Waals surface area contributed by atoms with Crippen LogP contribution in [0.15, 0.2) is 29.8 Å². The number of amides is 1. The molecular weight excluding hydrogens is 286 g/mol. The second-order valence-electron chi connectivity index (χ2n) is 5.89. The van der Waals surface area contributed by atoms with E-state index in [-0.39, 0.29) is 17.5 Å². The largest absolute Gasteiger partial charge is 0.372 e. The monoisotopic (exact) mass is 311 g/mol. The normalized spacial score (nSPS) is 15.3. The SMILES string of the molecule is CCN(CC)c1ccc(/C=C(\C#N)C(=O)NC2CCCC2)cc1. The Hall–Kier alpha value is -2.28. The first kappa shape index (κ1) is 17.1. The molecule has 1 aromatic rings. The Morgan fingerprint density at radius 3 is 2.39 bits per heavy atom. The minimum absolute atomic E-state index is 0.174. The maximum atomic E-state index is 12.2. The Morgan fingerprint density at radius 2 is 1.87 bits per heavy atom. The molecule has 0 unspecified atom stereocenters. The molecule has 0 radical (unpaired) electrons. The van der Waals surface area contributed by atoms with Gasteiger partial charge >= 0.3 is 0 Å². The zero-order chi connectivity index (χ0) is 16.7. The van der Waals surface area contributed by atoms with Crippen molar-refractivity contribution in [3.8, 4) is 6.07 Å². The fourth-order valence-electron chi connectivity index (χ4n) is 3.02. The fourth-order valence-corrected chi connectivity index (χ4v) is 3.02. The van der Waals surface area contributed by atoms with Crippen LogP contribution in [0.4, 0.5) is 5.69 Å². The van der Waals surface area contributed by atoms with Crippen molar-refractivity contribution in [3.05, 3.63) is 35.4 Å². The number of rotatable bonds is 6. The van der Waals surface area contributed by atoms with Gasteiger partial charge in [0, 0.05) is 24.8 Å². The van der Waals surface area contributed by atoms with Crippen LogP contribution in [0.2, 0.25) is 0 Å². The molecule has 0 bridgehead atoms. The van der Waals surface area contributed by atoms with E-state index in [0.717, 1.165) is 50.0 Å². The average molecular weight is 311 g/mol. The summed E-state index contributed by atoms with van der Waals surface area (Å²) in [7, 11) is 0. The standard InChI is InChI=1S/C19H25N3O/c1-3-22(4-2)18-11-9-15(10-12-18)13-16(14-20)19(23)21-17-7-5-6-8-17/h9-13,17H,3-8H2,1-2H3,(H,21,23)/b16-13+. The number of hydrogen-bond donors (Lipinski definition) is 1. The predicted molar refractivity (Wildman–Crippen MR) is 94.0 cm³/mol. The first-order valence-electron chi connectivity index (χ1n) is 8.45. The van der Waals surface area contributed by atoms with Crippen LogP contribution in [0.1, 0.15) is 45.1 Å². The minimum Gasteiger partial charge on any atom is -0.372 e. The summed E-state index contributed by atoms with van der Waals surface area (Å²) in [6, 6.07) is 10.2. The number of nitrogens with one attached hydrogen (secondary N) is 1. The second-order valence-corrected chi connectivity index (χ2v) is 5.89. The van der Waals surface area contributed by atoms with Crippen molar-refractivity contribution in [2.45, 2.75) is 45.6 Å². The first-order chi connectivity index (χ1) is 11.2. The molecule has 0 atom stereocenters. The van der Waals surface area contributed by atoms with Crippen LogP contribution < -0.4 is 10.2 Å². The van der Waals surface area contributed by atoms with Crippen LogP contribution in [0.5, 0.6) is 0 Å². The highest BCUT2D eigenvalue weighted by molar-refractivity contribution is 6.01. The van der Waals surface area contributed by atoms with E-state index >= 15 is 0 Å². The molecule has 4 heteroatoms. The molecule has 0 aliphatic heterocycles. The van der Waals surface area contributed by atoms with Crippen molar-refractivity contribution < 1.29 is 4.79 Å². The van der Waals surface area contributed by atoms with Gasteiger partial charge in [0.15, 0.2) is 0 Å². The van der Waals surface area contributed by atoms with E-state index in [4.69, 9.17) is 0 Å². The molecule has 1 aliphatic carbocycles. The fraction of sp³-hybridized carbons (Fsp3) is 0.474. The Bertz CT molecular complexity index is 588. The maximum Gasteiger partial charge on any atom is 0.262 e. The molecule has 1 fully saturated rings. The van der Waals surface area contributed by atoms with E-state index in [2.05, 4.69) is 24.1 Å². The molecule has 0 spiro atoms. The molecule has 1 aromatic carbocycles.